The molecule has 4 nitrogen and oxygen atoms in total. The van der Waals surface area contributed by atoms with Crippen LogP contribution in [0.2, 0.25) is 0 Å². The average molecular weight is 553 g/mol. The van der Waals surface area contributed by atoms with Crippen LogP contribution in [0.4, 0.5) is 0 Å². The fraction of sp³-hybridized carbons (Fsp3) is 0.541. The number of ketones is 3. The number of carbonyl (C=O) groups excluding carboxylic acids is 3. The van der Waals surface area contributed by atoms with Crippen LogP contribution in [0.25, 0.3) is 0 Å². The van der Waals surface area contributed by atoms with Gasteiger partial charge in [-0.3, -0.25) is 14.4 Å². The normalized spacial score (nSPS) is 36.3. The van der Waals surface area contributed by atoms with Gasteiger partial charge in [0.1, 0.15) is 23.0 Å². The smallest absolute Gasteiger partial charge is 0.144 e. The molecule has 2 aliphatic carbocycles. The lowest BCUT2D eigenvalue weighted by Gasteiger charge is -2.37. The second-order valence-electron chi connectivity index (χ2n) is 13.4. The fourth-order valence-corrected chi connectivity index (χ4v) is 8.79. The first-order valence-corrected chi connectivity index (χ1v) is 15.8. The summed E-state index contributed by atoms with van der Waals surface area (Å²) >= 11 is 0. The standard InChI is InChI=1S/C37H44O4/c1-5-25-12-10-13-26(19-25)20-29(38)33-31-17-18-37(41-31)34(30(39)21-28-16-9-11-22(2)23(28)3)32(36(40)35(33)37)24(4)27-14-7-6-8-15-27/h6-8,10,12-15,17-19,22-24,28,31-35H,5,9,11,16,20-21H2,1-4H3. The maximum Gasteiger partial charge on any atom is 0.144 e. The monoisotopic (exact) mass is 552 g/mol. The summed E-state index contributed by atoms with van der Waals surface area (Å²) in [6, 6.07) is 18.2. The number of benzene rings is 2. The first-order valence-electron chi connectivity index (χ1n) is 15.8. The van der Waals surface area contributed by atoms with Crippen molar-refractivity contribution < 1.29 is 19.1 Å². The number of fused-ring (bicyclic) bond motifs is 1. The van der Waals surface area contributed by atoms with Crippen LogP contribution in [-0.2, 0) is 32.0 Å². The van der Waals surface area contributed by atoms with E-state index in [2.05, 4.69) is 39.8 Å². The second kappa shape index (κ2) is 11.1. The molecular weight excluding hydrogens is 508 g/mol. The quantitative estimate of drug-likeness (QED) is 0.316. The molecule has 2 saturated carbocycles. The van der Waals surface area contributed by atoms with E-state index in [-0.39, 0.29) is 29.7 Å². The van der Waals surface area contributed by atoms with Crippen molar-refractivity contribution in [3.63, 3.8) is 0 Å². The summed E-state index contributed by atoms with van der Waals surface area (Å²) < 4.78 is 6.68. The van der Waals surface area contributed by atoms with Crippen LogP contribution in [0.15, 0.2) is 66.7 Å². The topological polar surface area (TPSA) is 60.4 Å². The lowest BCUT2D eigenvalue weighted by atomic mass is 9.67. The van der Waals surface area contributed by atoms with Crippen molar-refractivity contribution in [1.29, 1.82) is 0 Å². The molecule has 6 rings (SSSR count). The first-order chi connectivity index (χ1) is 19.7. The van der Waals surface area contributed by atoms with E-state index < -0.39 is 35.4 Å². The minimum atomic E-state index is -1.01. The van der Waals surface area contributed by atoms with Gasteiger partial charge < -0.3 is 4.74 Å². The Morgan fingerprint density at radius 3 is 2.51 bits per heavy atom. The van der Waals surface area contributed by atoms with Crippen LogP contribution in [0.5, 0.6) is 0 Å². The third kappa shape index (κ3) is 4.76. The maximum absolute atomic E-state index is 14.6. The first kappa shape index (κ1) is 28.3. The number of rotatable bonds is 9. The Balaban J connectivity index is 1.35. The van der Waals surface area contributed by atoms with Gasteiger partial charge in [0.05, 0.1) is 23.9 Å². The number of ether oxygens (including phenoxy) is 1. The summed E-state index contributed by atoms with van der Waals surface area (Å²) in [4.78, 5) is 43.0. The van der Waals surface area contributed by atoms with Crippen LogP contribution in [-0.4, -0.2) is 29.1 Å². The molecule has 0 aromatic heterocycles. The second-order valence-corrected chi connectivity index (χ2v) is 13.4. The maximum atomic E-state index is 14.6. The van der Waals surface area contributed by atoms with Crippen molar-refractivity contribution in [2.75, 3.05) is 0 Å². The van der Waals surface area contributed by atoms with E-state index in [9.17, 15) is 14.4 Å². The Morgan fingerprint density at radius 2 is 1.76 bits per heavy atom. The number of hydrogen-bond acceptors (Lipinski definition) is 4. The molecular formula is C37H44O4. The summed E-state index contributed by atoms with van der Waals surface area (Å²) in [7, 11) is 0. The van der Waals surface area contributed by atoms with E-state index in [1.807, 2.05) is 54.6 Å². The predicted molar refractivity (Wildman–Crippen MR) is 160 cm³/mol. The minimum Gasteiger partial charge on any atom is -0.361 e. The SMILES string of the molecule is CCc1cccc(CC(=O)C2C3C=CC4(O3)C2C(=O)C(C(C)c2ccccc2)C4C(=O)CC2CCCC(C)C2C)c1. The average Bonchev–Trinajstić information content (AvgIpc) is 3.63. The van der Waals surface area contributed by atoms with E-state index in [0.717, 1.165) is 30.4 Å². The van der Waals surface area contributed by atoms with Crippen molar-refractivity contribution in [2.45, 2.75) is 83.8 Å². The van der Waals surface area contributed by atoms with E-state index in [4.69, 9.17) is 4.74 Å². The molecule has 2 heterocycles. The molecule has 10 atom stereocenters. The highest BCUT2D eigenvalue weighted by Gasteiger charge is 2.73. The molecule has 0 N–H and O–H groups in total. The van der Waals surface area contributed by atoms with Gasteiger partial charge in [0.2, 0.25) is 0 Å². The summed E-state index contributed by atoms with van der Waals surface area (Å²) in [5, 5.41) is 0. The molecule has 2 aliphatic heterocycles. The Labute approximate surface area is 244 Å². The highest BCUT2D eigenvalue weighted by molar-refractivity contribution is 6.02. The number of carbonyl (C=O) groups is 3. The summed E-state index contributed by atoms with van der Waals surface area (Å²) in [5.41, 5.74) is 2.21. The van der Waals surface area contributed by atoms with Crippen molar-refractivity contribution in [3.8, 4) is 0 Å². The summed E-state index contributed by atoms with van der Waals surface area (Å²) in [6.45, 7) is 8.76. The zero-order valence-electron chi connectivity index (χ0n) is 24.9. The van der Waals surface area contributed by atoms with Gasteiger partial charge in [0, 0.05) is 18.8 Å². The van der Waals surface area contributed by atoms with Gasteiger partial charge in [-0.05, 0) is 53.2 Å². The van der Waals surface area contributed by atoms with Gasteiger partial charge in [-0.1, -0.05) is 107 Å². The van der Waals surface area contributed by atoms with Gasteiger partial charge in [-0.15, -0.1) is 0 Å². The van der Waals surface area contributed by atoms with Crippen LogP contribution < -0.4 is 0 Å². The minimum absolute atomic E-state index is 0.0391. The number of Topliss-reactive ketones (excluding diaryl/α,β-unsaturated/α-hetero) is 3. The summed E-state index contributed by atoms with van der Waals surface area (Å²) in [5.74, 6) is -0.731. The van der Waals surface area contributed by atoms with Crippen LogP contribution >= 0.6 is 0 Å². The zero-order chi connectivity index (χ0) is 28.9. The molecule has 2 aromatic carbocycles. The third-order valence-corrected chi connectivity index (χ3v) is 11.3. The number of hydrogen-bond donors (Lipinski definition) is 0. The molecule has 0 amide bonds. The molecule has 2 aromatic rings. The van der Waals surface area contributed by atoms with Crippen molar-refractivity contribution in [1.82, 2.24) is 0 Å². The third-order valence-electron chi connectivity index (χ3n) is 11.3. The van der Waals surface area contributed by atoms with Gasteiger partial charge >= 0.3 is 0 Å². The van der Waals surface area contributed by atoms with Crippen LogP contribution in [0, 0.1) is 41.4 Å². The van der Waals surface area contributed by atoms with Crippen molar-refractivity contribution >= 4 is 17.3 Å². The van der Waals surface area contributed by atoms with E-state index in [1.54, 1.807) is 0 Å². The Morgan fingerprint density at radius 1 is 1.00 bits per heavy atom. The van der Waals surface area contributed by atoms with Gasteiger partial charge in [-0.25, -0.2) is 0 Å². The molecule has 4 heteroatoms. The van der Waals surface area contributed by atoms with Gasteiger partial charge in [0.25, 0.3) is 0 Å². The zero-order valence-corrected chi connectivity index (χ0v) is 24.9. The predicted octanol–water partition coefficient (Wildman–Crippen LogP) is 6.95. The van der Waals surface area contributed by atoms with Gasteiger partial charge in [0.15, 0.2) is 0 Å². The highest BCUT2D eigenvalue weighted by Crippen LogP contribution is 2.62. The van der Waals surface area contributed by atoms with Gasteiger partial charge in [-0.2, -0.15) is 0 Å². The highest BCUT2D eigenvalue weighted by atomic mass is 16.5. The Hall–Kier alpha value is -2.85. The van der Waals surface area contributed by atoms with E-state index in [0.29, 0.717) is 24.2 Å². The Kier molecular flexibility index (Phi) is 7.65. The van der Waals surface area contributed by atoms with Crippen molar-refractivity contribution in [2.24, 2.45) is 41.4 Å². The molecule has 216 valence electrons. The molecule has 10 unspecified atom stereocenters. The molecule has 4 aliphatic rings. The molecule has 3 fully saturated rings. The summed E-state index contributed by atoms with van der Waals surface area (Å²) in [6.07, 6.45) is 8.62. The van der Waals surface area contributed by atoms with E-state index >= 15 is 0 Å². The molecule has 1 saturated heterocycles. The fourth-order valence-electron chi connectivity index (χ4n) is 8.79. The molecule has 1 spiro atoms. The van der Waals surface area contributed by atoms with Crippen molar-refractivity contribution in [3.05, 3.63) is 83.4 Å². The Bertz CT molecular complexity index is 1340. The van der Waals surface area contributed by atoms with Crippen LogP contribution in [0.3, 0.4) is 0 Å². The van der Waals surface area contributed by atoms with E-state index in [1.165, 1.54) is 12.0 Å². The lowest BCUT2D eigenvalue weighted by molar-refractivity contribution is -0.136. The lowest BCUT2D eigenvalue weighted by Crippen LogP contribution is -2.44. The molecule has 0 radical (unpaired) electrons. The molecule has 41 heavy (non-hydrogen) atoms. The number of aryl methyl sites for hydroxylation is 1. The van der Waals surface area contributed by atoms with Crippen LogP contribution in [0.1, 0.15) is 76.0 Å². The molecule has 2 bridgehead atoms. The largest absolute Gasteiger partial charge is 0.361 e.